The van der Waals surface area contributed by atoms with E-state index in [1.54, 1.807) is 23.9 Å². The number of carbonyl (C=O) groups is 1. The van der Waals surface area contributed by atoms with Crippen LogP contribution in [0, 0.1) is 24.0 Å². The fourth-order valence-electron chi connectivity index (χ4n) is 2.20. The monoisotopic (exact) mass is 301 g/mol. The lowest BCUT2D eigenvalue weighted by Gasteiger charge is -2.06. The minimum atomic E-state index is -0.540. The molecule has 0 aromatic heterocycles. The van der Waals surface area contributed by atoms with E-state index in [9.17, 15) is 14.9 Å². The van der Waals surface area contributed by atoms with Gasteiger partial charge in [0.15, 0.2) is 6.29 Å². The van der Waals surface area contributed by atoms with Crippen LogP contribution in [0.1, 0.15) is 27.0 Å². The number of benzene rings is 2. The molecule has 5 heteroatoms. The van der Waals surface area contributed by atoms with Crippen LogP contribution in [0.3, 0.4) is 0 Å². The van der Waals surface area contributed by atoms with Gasteiger partial charge in [0.2, 0.25) is 0 Å². The molecule has 0 amide bonds. The van der Waals surface area contributed by atoms with Crippen LogP contribution < -0.4 is 0 Å². The minimum absolute atomic E-state index is 0.116. The molecule has 0 heterocycles. The summed E-state index contributed by atoms with van der Waals surface area (Å²) in [7, 11) is 0. The zero-order valence-corrected chi connectivity index (χ0v) is 12.6. The Morgan fingerprint density at radius 1 is 1.14 bits per heavy atom. The van der Waals surface area contributed by atoms with E-state index in [2.05, 4.69) is 32.0 Å². The Kier molecular flexibility index (Phi) is 4.75. The smallest absolute Gasteiger partial charge is 0.279 e. The SMILES string of the molecule is Cc1cc(C)cc(CSc2ccc([N+](=O)[O-])c(C=O)c2)c1. The quantitative estimate of drug-likeness (QED) is 0.357. The molecule has 2 rings (SSSR count). The number of rotatable bonds is 5. The molecule has 0 atom stereocenters. The molecule has 0 radical (unpaired) electrons. The topological polar surface area (TPSA) is 60.2 Å². The van der Waals surface area contributed by atoms with Gasteiger partial charge in [0.1, 0.15) is 0 Å². The van der Waals surface area contributed by atoms with Gasteiger partial charge in [0.25, 0.3) is 5.69 Å². The van der Waals surface area contributed by atoms with Crippen LogP contribution in [-0.2, 0) is 5.75 Å². The highest BCUT2D eigenvalue weighted by Crippen LogP contribution is 2.28. The molecular formula is C16H15NO3S. The maximum atomic E-state index is 10.9. The van der Waals surface area contributed by atoms with Crippen LogP contribution in [-0.4, -0.2) is 11.2 Å². The number of nitrogens with zero attached hydrogens (tertiary/aromatic N) is 1. The van der Waals surface area contributed by atoms with E-state index in [0.717, 1.165) is 10.6 Å². The molecule has 21 heavy (non-hydrogen) atoms. The van der Waals surface area contributed by atoms with Crippen molar-refractivity contribution in [1.82, 2.24) is 0 Å². The van der Waals surface area contributed by atoms with Crippen LogP contribution in [0.25, 0.3) is 0 Å². The summed E-state index contributed by atoms with van der Waals surface area (Å²) in [5, 5.41) is 10.8. The van der Waals surface area contributed by atoms with E-state index in [1.165, 1.54) is 22.8 Å². The van der Waals surface area contributed by atoms with E-state index >= 15 is 0 Å². The third-order valence-electron chi connectivity index (χ3n) is 3.01. The lowest BCUT2D eigenvalue weighted by Crippen LogP contribution is -1.94. The molecule has 0 unspecified atom stereocenters. The molecule has 0 bridgehead atoms. The molecule has 0 aliphatic heterocycles. The fraction of sp³-hybridized carbons (Fsp3) is 0.188. The number of aryl methyl sites for hydroxylation is 2. The van der Waals surface area contributed by atoms with E-state index in [0.29, 0.717) is 6.29 Å². The Bertz CT molecular complexity index is 678. The van der Waals surface area contributed by atoms with Crippen LogP contribution in [0.4, 0.5) is 5.69 Å². The second-order valence-corrected chi connectivity index (χ2v) is 5.93. The van der Waals surface area contributed by atoms with Crippen molar-refractivity contribution in [3.8, 4) is 0 Å². The van der Waals surface area contributed by atoms with Crippen molar-refractivity contribution in [2.45, 2.75) is 24.5 Å². The summed E-state index contributed by atoms with van der Waals surface area (Å²) in [5.41, 5.74) is 3.58. The zero-order chi connectivity index (χ0) is 15.4. The highest BCUT2D eigenvalue weighted by Gasteiger charge is 2.13. The molecule has 2 aromatic carbocycles. The van der Waals surface area contributed by atoms with Crippen molar-refractivity contribution in [2.24, 2.45) is 0 Å². The molecule has 4 nitrogen and oxygen atoms in total. The van der Waals surface area contributed by atoms with Crippen molar-refractivity contribution < 1.29 is 9.72 Å². The Balaban J connectivity index is 2.16. The van der Waals surface area contributed by atoms with Crippen molar-refractivity contribution in [3.63, 3.8) is 0 Å². The normalized spacial score (nSPS) is 10.4. The van der Waals surface area contributed by atoms with Gasteiger partial charge in [-0.15, -0.1) is 11.8 Å². The van der Waals surface area contributed by atoms with Crippen LogP contribution >= 0.6 is 11.8 Å². The molecule has 0 spiro atoms. The second-order valence-electron chi connectivity index (χ2n) is 4.88. The molecule has 0 saturated carbocycles. The summed E-state index contributed by atoms with van der Waals surface area (Å²) in [6.45, 7) is 4.11. The van der Waals surface area contributed by atoms with Crippen LogP contribution in [0.2, 0.25) is 0 Å². The van der Waals surface area contributed by atoms with Crippen LogP contribution in [0.15, 0.2) is 41.3 Å². The average molecular weight is 301 g/mol. The number of nitro benzene ring substituents is 1. The first kappa shape index (κ1) is 15.3. The van der Waals surface area contributed by atoms with Crippen molar-refractivity contribution in [3.05, 3.63) is 68.8 Å². The summed E-state index contributed by atoms with van der Waals surface area (Å²) in [6.07, 6.45) is 0.527. The molecule has 0 aliphatic rings. The summed E-state index contributed by atoms with van der Waals surface area (Å²) in [5.74, 6) is 0.763. The lowest BCUT2D eigenvalue weighted by molar-refractivity contribution is -0.385. The Morgan fingerprint density at radius 2 is 1.81 bits per heavy atom. The number of aldehydes is 1. The Labute approximate surface area is 127 Å². The van der Waals surface area contributed by atoms with Crippen molar-refractivity contribution in [1.29, 1.82) is 0 Å². The maximum Gasteiger partial charge on any atom is 0.279 e. The highest BCUT2D eigenvalue weighted by molar-refractivity contribution is 7.98. The molecule has 0 fully saturated rings. The standard InChI is InChI=1S/C16H15NO3S/c1-11-5-12(2)7-13(6-11)10-21-15-3-4-16(17(19)20)14(8-15)9-18/h3-9H,10H2,1-2H3. The molecule has 2 aromatic rings. The summed E-state index contributed by atoms with van der Waals surface area (Å²) in [4.78, 5) is 22.0. The molecule has 108 valence electrons. The number of hydrogen-bond donors (Lipinski definition) is 0. The van der Waals surface area contributed by atoms with Gasteiger partial charge in [-0.3, -0.25) is 14.9 Å². The van der Waals surface area contributed by atoms with Gasteiger partial charge in [-0.05, 0) is 31.5 Å². The molecule has 0 N–H and O–H groups in total. The van der Waals surface area contributed by atoms with E-state index in [4.69, 9.17) is 0 Å². The Morgan fingerprint density at radius 3 is 2.38 bits per heavy atom. The lowest BCUT2D eigenvalue weighted by atomic mass is 10.1. The predicted octanol–water partition coefficient (Wildman–Crippen LogP) is 4.32. The number of hydrogen-bond acceptors (Lipinski definition) is 4. The van der Waals surface area contributed by atoms with Crippen molar-refractivity contribution in [2.75, 3.05) is 0 Å². The maximum absolute atomic E-state index is 10.9. The highest BCUT2D eigenvalue weighted by atomic mass is 32.2. The van der Waals surface area contributed by atoms with Gasteiger partial charge < -0.3 is 0 Å². The molecular weight excluding hydrogens is 286 g/mol. The minimum Gasteiger partial charge on any atom is -0.298 e. The third kappa shape index (κ3) is 3.92. The van der Waals surface area contributed by atoms with Gasteiger partial charge in [-0.25, -0.2) is 0 Å². The van der Waals surface area contributed by atoms with Gasteiger partial charge >= 0.3 is 0 Å². The van der Waals surface area contributed by atoms with Gasteiger partial charge in [-0.2, -0.15) is 0 Å². The largest absolute Gasteiger partial charge is 0.298 e. The number of nitro groups is 1. The summed E-state index contributed by atoms with van der Waals surface area (Å²) < 4.78 is 0. The van der Waals surface area contributed by atoms with E-state index in [1.807, 2.05) is 0 Å². The van der Waals surface area contributed by atoms with E-state index in [-0.39, 0.29) is 11.3 Å². The first-order valence-electron chi connectivity index (χ1n) is 6.43. The third-order valence-corrected chi connectivity index (χ3v) is 4.07. The van der Waals surface area contributed by atoms with Gasteiger partial charge in [0, 0.05) is 16.7 Å². The van der Waals surface area contributed by atoms with E-state index < -0.39 is 4.92 Å². The van der Waals surface area contributed by atoms with Gasteiger partial charge in [0.05, 0.1) is 10.5 Å². The second kappa shape index (κ2) is 6.54. The number of carbonyl (C=O) groups excluding carboxylic acids is 1. The predicted molar refractivity (Wildman–Crippen MR) is 84.0 cm³/mol. The molecule has 0 aliphatic carbocycles. The first-order chi connectivity index (χ1) is 9.99. The van der Waals surface area contributed by atoms with Gasteiger partial charge in [-0.1, -0.05) is 29.3 Å². The average Bonchev–Trinajstić information content (AvgIpc) is 2.43. The summed E-state index contributed by atoms with van der Waals surface area (Å²) >= 11 is 1.56. The first-order valence-corrected chi connectivity index (χ1v) is 7.42. The summed E-state index contributed by atoms with van der Waals surface area (Å²) in [6, 6.07) is 11.0. The molecule has 0 saturated heterocycles. The van der Waals surface area contributed by atoms with Crippen LogP contribution in [0.5, 0.6) is 0 Å². The Hall–Kier alpha value is -2.14. The van der Waals surface area contributed by atoms with Crippen molar-refractivity contribution >= 4 is 23.7 Å². The fourth-order valence-corrected chi connectivity index (χ4v) is 3.08. The number of thioether (sulfide) groups is 1. The zero-order valence-electron chi connectivity index (χ0n) is 11.8.